The Bertz CT molecular complexity index is 264. The van der Waals surface area contributed by atoms with Crippen LogP contribution < -0.4 is 69.2 Å². The van der Waals surface area contributed by atoms with Gasteiger partial charge in [-0.2, -0.15) is 6.42 Å². The minimum absolute atomic E-state index is 0. The first-order valence-corrected chi connectivity index (χ1v) is 5.05. The summed E-state index contributed by atoms with van der Waals surface area (Å²) in [4.78, 5) is 20.0. The van der Waals surface area contributed by atoms with Gasteiger partial charge in [0.2, 0.25) is 0 Å². The number of nitrogens with two attached hydrogens (primary N) is 1. The molecule has 1 amide bonds. The van der Waals surface area contributed by atoms with Gasteiger partial charge in [0.15, 0.2) is 5.84 Å². The van der Waals surface area contributed by atoms with Gasteiger partial charge in [-0.15, -0.1) is 0 Å². The Kier molecular flexibility index (Phi) is 17.3. The van der Waals surface area contributed by atoms with E-state index in [4.69, 9.17) is 20.5 Å². The predicted molar refractivity (Wildman–Crippen MR) is 63.6 cm³/mol. The van der Waals surface area contributed by atoms with Crippen LogP contribution in [0.3, 0.4) is 0 Å². The van der Waals surface area contributed by atoms with Crippen molar-refractivity contribution in [3.8, 4) is 0 Å². The molecule has 4 N–H and O–H groups in total. The second-order valence-corrected chi connectivity index (χ2v) is 3.94. The number of oxime groups is 1. The Labute approximate surface area is 156 Å². The zero-order valence-corrected chi connectivity index (χ0v) is 16.5. The molecule has 0 radical (unpaired) electrons. The fraction of sp³-hybridized carbons (Fsp3) is 0.700. The average Bonchev–Trinajstić information content (AvgIpc) is 2.24. The van der Waals surface area contributed by atoms with Gasteiger partial charge in [0.25, 0.3) is 0 Å². The SMILES string of the molecule is CC(C)(C)OC(=O)NC/C(N)=N/O.CC[C-]=O.[Rb+]. The molecule has 0 aliphatic rings. The molecule has 18 heavy (non-hydrogen) atoms. The summed E-state index contributed by atoms with van der Waals surface area (Å²) in [5.74, 6) is -0.0779. The summed E-state index contributed by atoms with van der Waals surface area (Å²) in [6, 6.07) is 0. The van der Waals surface area contributed by atoms with E-state index in [0.717, 1.165) is 0 Å². The number of nitrogens with one attached hydrogen (secondary N) is 1. The molecule has 0 unspecified atom stereocenters. The molecule has 8 heteroatoms. The third-order valence-electron chi connectivity index (χ3n) is 1.09. The first-order chi connectivity index (χ1) is 7.76. The Hall–Kier alpha value is 0.0152. The smallest absolute Gasteiger partial charge is 0.542 e. The molecule has 0 atom stereocenters. The number of alkyl carbamates (subject to hydrolysis) is 1. The number of carbonyl (C=O) groups is 1. The summed E-state index contributed by atoms with van der Waals surface area (Å²) in [5.41, 5.74) is 4.57. The van der Waals surface area contributed by atoms with Gasteiger partial charge < -0.3 is 25.8 Å². The van der Waals surface area contributed by atoms with Crippen molar-refractivity contribution in [3.05, 3.63) is 0 Å². The number of amides is 1. The van der Waals surface area contributed by atoms with Gasteiger partial charge in [-0.25, -0.2) is 4.79 Å². The first-order valence-electron chi connectivity index (χ1n) is 5.05. The van der Waals surface area contributed by atoms with Crippen LogP contribution in [0.15, 0.2) is 5.16 Å². The van der Waals surface area contributed by atoms with Crippen LogP contribution in [0.4, 0.5) is 4.79 Å². The number of rotatable bonds is 3. The van der Waals surface area contributed by atoms with Gasteiger partial charge in [0.1, 0.15) is 5.60 Å². The van der Waals surface area contributed by atoms with Gasteiger partial charge in [-0.1, -0.05) is 12.1 Å². The third kappa shape index (κ3) is 21.3. The second kappa shape index (κ2) is 13.4. The zero-order valence-electron chi connectivity index (χ0n) is 11.6. The number of hydrogen-bond acceptors (Lipinski definition) is 5. The molecular formula is C10H20N3O4Rb. The monoisotopic (exact) mass is 331 g/mol. The standard InChI is InChI=1S/C7H15N3O3.C3H5O.Rb/c1-7(2,3)13-6(11)9-4-5(8)10-12;1-2-3-4;/h12H,4H2,1-3H3,(H2,8,10)(H,9,11);2H2,1H3;/q;-1;+1. The van der Waals surface area contributed by atoms with Crippen LogP contribution in [0.5, 0.6) is 0 Å². The van der Waals surface area contributed by atoms with Crippen molar-refractivity contribution in [1.82, 2.24) is 5.32 Å². The topological polar surface area (TPSA) is 114 Å². The van der Waals surface area contributed by atoms with E-state index >= 15 is 0 Å². The molecular weight excluding hydrogens is 312 g/mol. The minimum atomic E-state index is -0.598. The van der Waals surface area contributed by atoms with Gasteiger partial charge in [-0.3, -0.25) is 6.29 Å². The van der Waals surface area contributed by atoms with E-state index in [1.807, 2.05) is 0 Å². The molecule has 7 nitrogen and oxygen atoms in total. The quantitative estimate of drug-likeness (QED) is 0.178. The molecule has 0 rings (SSSR count). The molecule has 0 aromatic rings. The van der Waals surface area contributed by atoms with E-state index in [2.05, 4.69) is 10.5 Å². The molecule has 0 aromatic heterocycles. The van der Waals surface area contributed by atoms with Gasteiger partial charge in [0.05, 0.1) is 6.54 Å². The fourth-order valence-corrected chi connectivity index (χ4v) is 0.512. The molecule has 0 saturated carbocycles. The predicted octanol–water partition coefficient (Wildman–Crippen LogP) is -2.23. The summed E-state index contributed by atoms with van der Waals surface area (Å²) in [6.07, 6.45) is 1.60. The van der Waals surface area contributed by atoms with Crippen molar-refractivity contribution in [1.29, 1.82) is 0 Å². The van der Waals surface area contributed by atoms with Crippen molar-refractivity contribution in [2.45, 2.75) is 39.7 Å². The first kappa shape index (κ1) is 23.1. The third-order valence-corrected chi connectivity index (χ3v) is 1.09. The normalized spacial score (nSPS) is 10.3. The number of nitrogens with zero attached hydrogens (tertiary/aromatic N) is 1. The van der Waals surface area contributed by atoms with E-state index in [0.29, 0.717) is 6.42 Å². The number of ether oxygens (including phenoxy) is 1. The van der Waals surface area contributed by atoms with Gasteiger partial charge in [0, 0.05) is 0 Å². The van der Waals surface area contributed by atoms with Gasteiger partial charge in [-0.05, 0) is 20.8 Å². The number of hydrogen-bond donors (Lipinski definition) is 3. The zero-order chi connectivity index (χ0) is 13.9. The maximum atomic E-state index is 11.0. The molecule has 0 aliphatic carbocycles. The minimum Gasteiger partial charge on any atom is -0.542 e. The van der Waals surface area contributed by atoms with E-state index in [-0.39, 0.29) is 70.6 Å². The summed E-state index contributed by atoms with van der Waals surface area (Å²) >= 11 is 0. The maximum Gasteiger partial charge on any atom is 1.00 e. The van der Waals surface area contributed by atoms with E-state index in [9.17, 15) is 4.79 Å². The van der Waals surface area contributed by atoms with Crippen molar-refractivity contribution < 1.29 is 77.7 Å². The summed E-state index contributed by atoms with van der Waals surface area (Å²) < 4.78 is 4.89. The fourth-order valence-electron chi connectivity index (χ4n) is 0.512. The Morgan fingerprint density at radius 3 is 2.22 bits per heavy atom. The van der Waals surface area contributed by atoms with E-state index in [1.54, 1.807) is 34.0 Å². The number of amidine groups is 1. The molecule has 0 heterocycles. The van der Waals surface area contributed by atoms with Crippen LogP contribution in [0.1, 0.15) is 34.1 Å². The Morgan fingerprint density at radius 2 is 1.94 bits per heavy atom. The van der Waals surface area contributed by atoms with Crippen molar-refractivity contribution in [2.24, 2.45) is 10.9 Å². The van der Waals surface area contributed by atoms with Crippen LogP contribution in [0.2, 0.25) is 0 Å². The van der Waals surface area contributed by atoms with Crippen molar-refractivity contribution in [3.63, 3.8) is 0 Å². The summed E-state index contributed by atoms with van der Waals surface area (Å²) in [7, 11) is 0. The maximum absolute atomic E-state index is 11.0. The molecule has 0 spiro atoms. The summed E-state index contributed by atoms with van der Waals surface area (Å²) in [6.45, 7) is 6.96. The Morgan fingerprint density at radius 1 is 1.50 bits per heavy atom. The van der Waals surface area contributed by atoms with Crippen LogP contribution in [0.25, 0.3) is 0 Å². The Balaban J connectivity index is -0.000000392. The molecule has 0 bridgehead atoms. The van der Waals surface area contributed by atoms with Crippen LogP contribution in [-0.4, -0.2) is 35.6 Å². The molecule has 100 valence electrons. The second-order valence-electron chi connectivity index (χ2n) is 3.94. The van der Waals surface area contributed by atoms with Crippen molar-refractivity contribution in [2.75, 3.05) is 6.54 Å². The number of carbonyl (C=O) groups excluding carboxylic acids is 2. The van der Waals surface area contributed by atoms with Gasteiger partial charge >= 0.3 is 64.3 Å². The average molecular weight is 332 g/mol. The van der Waals surface area contributed by atoms with E-state index < -0.39 is 11.7 Å². The molecule has 0 fully saturated rings. The van der Waals surface area contributed by atoms with Crippen LogP contribution >= 0.6 is 0 Å². The van der Waals surface area contributed by atoms with E-state index in [1.165, 1.54) is 0 Å². The van der Waals surface area contributed by atoms with Crippen molar-refractivity contribution >= 4 is 18.2 Å². The summed E-state index contributed by atoms with van der Waals surface area (Å²) in [5, 5.41) is 13.1. The molecule has 0 saturated heterocycles. The molecule has 0 aliphatic heterocycles. The van der Waals surface area contributed by atoms with Crippen LogP contribution in [-0.2, 0) is 9.53 Å². The van der Waals surface area contributed by atoms with Crippen LogP contribution in [0, 0.1) is 0 Å². The molecule has 0 aromatic carbocycles. The largest absolute Gasteiger partial charge is 1.00 e.